The van der Waals surface area contributed by atoms with E-state index in [2.05, 4.69) is 4.72 Å². The van der Waals surface area contributed by atoms with E-state index in [9.17, 15) is 8.42 Å². The molecule has 2 aromatic carbocycles. The van der Waals surface area contributed by atoms with E-state index in [0.29, 0.717) is 22.2 Å². The van der Waals surface area contributed by atoms with Crippen LogP contribution in [0.1, 0.15) is 0 Å². The van der Waals surface area contributed by atoms with Crippen molar-refractivity contribution in [3.8, 4) is 0 Å². The van der Waals surface area contributed by atoms with Crippen LogP contribution in [0, 0.1) is 0 Å². The molecule has 2 aromatic rings. The van der Waals surface area contributed by atoms with Gasteiger partial charge in [-0.3, -0.25) is 4.72 Å². The van der Waals surface area contributed by atoms with Crippen molar-refractivity contribution in [2.75, 3.05) is 22.0 Å². The molecular weight excluding hydrogens is 328 g/mol. The Morgan fingerprint density at radius 3 is 2.43 bits per heavy atom. The molecule has 0 unspecified atom stereocenters. The number of thioether (sulfide) groups is 1. The maximum Gasteiger partial charge on any atom is 0.233 e. The highest BCUT2D eigenvalue weighted by atomic mass is 35.5. The lowest BCUT2D eigenvalue weighted by atomic mass is 10.3. The van der Waals surface area contributed by atoms with Gasteiger partial charge in [-0.25, -0.2) is 8.42 Å². The smallest absolute Gasteiger partial charge is 0.233 e. The number of hydrogen-bond acceptors (Lipinski definition) is 4. The topological polar surface area (TPSA) is 72.2 Å². The van der Waals surface area contributed by atoms with E-state index < -0.39 is 10.0 Å². The molecule has 112 valence electrons. The first-order valence-electron chi connectivity index (χ1n) is 6.20. The van der Waals surface area contributed by atoms with Crippen LogP contribution < -0.4 is 10.5 Å². The number of nitrogens with one attached hydrogen (secondary N) is 1. The Kier molecular flexibility index (Phi) is 5.39. The molecule has 0 amide bonds. The zero-order valence-corrected chi connectivity index (χ0v) is 13.5. The molecule has 3 N–H and O–H groups in total. The molecule has 21 heavy (non-hydrogen) atoms. The number of para-hydroxylation sites is 1. The SMILES string of the molecule is Nc1ccc(SCCS(=O)(=O)Nc2ccccc2Cl)cc1. The van der Waals surface area contributed by atoms with Gasteiger partial charge in [-0.2, -0.15) is 0 Å². The van der Waals surface area contributed by atoms with Gasteiger partial charge in [-0.05, 0) is 36.4 Å². The van der Waals surface area contributed by atoms with E-state index in [1.165, 1.54) is 11.8 Å². The molecule has 2 rings (SSSR count). The second kappa shape index (κ2) is 7.06. The van der Waals surface area contributed by atoms with Crippen molar-refractivity contribution in [1.29, 1.82) is 0 Å². The average molecular weight is 343 g/mol. The number of sulfonamides is 1. The van der Waals surface area contributed by atoms with Crippen LogP contribution in [-0.2, 0) is 10.0 Å². The van der Waals surface area contributed by atoms with Gasteiger partial charge in [0.25, 0.3) is 0 Å². The minimum Gasteiger partial charge on any atom is -0.399 e. The van der Waals surface area contributed by atoms with Gasteiger partial charge in [0, 0.05) is 16.3 Å². The van der Waals surface area contributed by atoms with E-state index >= 15 is 0 Å². The van der Waals surface area contributed by atoms with Crippen LogP contribution in [0.25, 0.3) is 0 Å². The Bertz CT molecular complexity index is 703. The Morgan fingerprint density at radius 1 is 1.10 bits per heavy atom. The van der Waals surface area contributed by atoms with Crippen molar-refractivity contribution in [3.05, 3.63) is 53.6 Å². The van der Waals surface area contributed by atoms with Crippen LogP contribution in [-0.4, -0.2) is 19.9 Å². The Labute approximate surface area is 133 Å². The van der Waals surface area contributed by atoms with Gasteiger partial charge in [0.2, 0.25) is 10.0 Å². The summed E-state index contributed by atoms with van der Waals surface area (Å²) < 4.78 is 26.5. The third kappa shape index (κ3) is 5.15. The summed E-state index contributed by atoms with van der Waals surface area (Å²) in [6, 6.07) is 14.1. The maximum atomic E-state index is 12.0. The third-order valence-corrected chi connectivity index (χ3v) is 5.51. The fraction of sp³-hybridized carbons (Fsp3) is 0.143. The first kappa shape index (κ1) is 16.0. The highest BCUT2D eigenvalue weighted by molar-refractivity contribution is 8.01. The molecule has 0 fully saturated rings. The van der Waals surface area contributed by atoms with Crippen molar-refractivity contribution in [3.63, 3.8) is 0 Å². The van der Waals surface area contributed by atoms with E-state index in [1.807, 2.05) is 12.1 Å². The predicted molar refractivity (Wildman–Crippen MR) is 90.4 cm³/mol. The number of anilines is 2. The molecule has 0 radical (unpaired) electrons. The average Bonchev–Trinajstić information content (AvgIpc) is 2.43. The summed E-state index contributed by atoms with van der Waals surface area (Å²) in [6.07, 6.45) is 0. The fourth-order valence-corrected chi connectivity index (χ4v) is 4.23. The van der Waals surface area contributed by atoms with Crippen molar-refractivity contribution < 1.29 is 8.42 Å². The van der Waals surface area contributed by atoms with Crippen molar-refractivity contribution in [2.24, 2.45) is 0 Å². The third-order valence-electron chi connectivity index (χ3n) is 2.64. The summed E-state index contributed by atoms with van der Waals surface area (Å²) in [4.78, 5) is 0.983. The lowest BCUT2D eigenvalue weighted by molar-refractivity contribution is 0.602. The van der Waals surface area contributed by atoms with Crippen molar-refractivity contribution in [1.82, 2.24) is 0 Å². The van der Waals surface area contributed by atoms with E-state index in [1.54, 1.807) is 36.4 Å². The molecule has 0 saturated heterocycles. The van der Waals surface area contributed by atoms with Crippen LogP contribution in [0.15, 0.2) is 53.4 Å². The van der Waals surface area contributed by atoms with Crippen LogP contribution in [0.2, 0.25) is 5.02 Å². The largest absolute Gasteiger partial charge is 0.399 e. The summed E-state index contributed by atoms with van der Waals surface area (Å²) >= 11 is 7.39. The molecule has 0 spiro atoms. The normalized spacial score (nSPS) is 11.3. The highest BCUT2D eigenvalue weighted by Crippen LogP contribution is 2.23. The number of hydrogen-bond donors (Lipinski definition) is 2. The Morgan fingerprint density at radius 2 is 1.76 bits per heavy atom. The molecule has 0 saturated carbocycles. The van der Waals surface area contributed by atoms with Crippen LogP contribution >= 0.6 is 23.4 Å². The zero-order valence-electron chi connectivity index (χ0n) is 11.1. The van der Waals surface area contributed by atoms with Crippen LogP contribution in [0.3, 0.4) is 0 Å². The van der Waals surface area contributed by atoms with Gasteiger partial charge in [0.05, 0.1) is 16.5 Å². The van der Waals surface area contributed by atoms with E-state index in [4.69, 9.17) is 17.3 Å². The van der Waals surface area contributed by atoms with E-state index in [0.717, 1.165) is 4.90 Å². The first-order chi connectivity index (χ1) is 9.96. The Balaban J connectivity index is 1.90. The molecule has 4 nitrogen and oxygen atoms in total. The summed E-state index contributed by atoms with van der Waals surface area (Å²) in [5, 5.41) is 0.382. The van der Waals surface area contributed by atoms with Gasteiger partial charge >= 0.3 is 0 Å². The molecule has 0 aromatic heterocycles. The lowest BCUT2D eigenvalue weighted by Gasteiger charge is -2.09. The number of rotatable bonds is 6. The summed E-state index contributed by atoms with van der Waals surface area (Å²) in [5.41, 5.74) is 6.68. The van der Waals surface area contributed by atoms with Crippen molar-refractivity contribution in [2.45, 2.75) is 4.90 Å². The lowest BCUT2D eigenvalue weighted by Crippen LogP contribution is -2.18. The zero-order chi connectivity index (χ0) is 15.3. The molecule has 7 heteroatoms. The number of halogens is 1. The second-order valence-corrected chi connectivity index (χ2v) is 7.74. The van der Waals surface area contributed by atoms with E-state index in [-0.39, 0.29) is 5.75 Å². The van der Waals surface area contributed by atoms with Gasteiger partial charge in [0.15, 0.2) is 0 Å². The molecule has 0 aliphatic rings. The van der Waals surface area contributed by atoms with Gasteiger partial charge < -0.3 is 5.73 Å². The van der Waals surface area contributed by atoms with Gasteiger partial charge in [-0.15, -0.1) is 11.8 Å². The molecule has 0 aliphatic carbocycles. The highest BCUT2D eigenvalue weighted by Gasteiger charge is 2.12. The van der Waals surface area contributed by atoms with Crippen molar-refractivity contribution >= 4 is 44.8 Å². The molecule has 0 bridgehead atoms. The summed E-state index contributed by atoms with van der Waals surface area (Å²) in [5.74, 6) is 0.455. The number of nitrogens with two attached hydrogens (primary N) is 1. The number of benzene rings is 2. The Hall–Kier alpha value is -1.37. The van der Waals surface area contributed by atoms with Crippen LogP contribution in [0.4, 0.5) is 11.4 Å². The molecule has 0 atom stereocenters. The maximum absolute atomic E-state index is 12.0. The molecule has 0 heterocycles. The minimum absolute atomic E-state index is 0.00721. The summed E-state index contributed by atoms with van der Waals surface area (Å²) in [7, 11) is -3.42. The predicted octanol–water partition coefficient (Wildman–Crippen LogP) is 3.46. The van der Waals surface area contributed by atoms with Gasteiger partial charge in [-0.1, -0.05) is 23.7 Å². The quantitative estimate of drug-likeness (QED) is 0.623. The minimum atomic E-state index is -3.42. The molecular formula is C14H15ClN2O2S2. The number of nitrogen functional groups attached to an aromatic ring is 1. The second-order valence-electron chi connectivity index (χ2n) is 4.32. The fourth-order valence-electron chi connectivity index (χ4n) is 1.60. The summed E-state index contributed by atoms with van der Waals surface area (Å²) in [6.45, 7) is 0. The molecule has 0 aliphatic heterocycles. The van der Waals surface area contributed by atoms with Crippen LogP contribution in [0.5, 0.6) is 0 Å². The monoisotopic (exact) mass is 342 g/mol. The first-order valence-corrected chi connectivity index (χ1v) is 9.21. The standard InChI is InChI=1S/C14H15ClN2O2S2/c15-13-3-1-2-4-14(13)17-21(18,19)10-9-20-12-7-5-11(16)6-8-12/h1-8,17H,9-10,16H2. The van der Waals surface area contributed by atoms with Gasteiger partial charge in [0.1, 0.15) is 0 Å².